The molecule has 1 N–H and O–H groups in total. The van der Waals surface area contributed by atoms with Gasteiger partial charge in [0.2, 0.25) is 0 Å². The minimum absolute atomic E-state index is 0.0441. The number of hydrogen-bond donors (Lipinski definition) is 1. The molecule has 0 radical (unpaired) electrons. The van der Waals surface area contributed by atoms with E-state index in [9.17, 15) is 27.6 Å². The SMILES string of the molecule is O=C(COC(=O)CCC(=O)c1ccc(F)cc1)NCCc1ccc(OC(F)F)cc1. The first-order valence-corrected chi connectivity index (χ1v) is 9.08. The highest BCUT2D eigenvalue weighted by atomic mass is 19.3. The van der Waals surface area contributed by atoms with Crippen molar-refractivity contribution in [1.29, 1.82) is 0 Å². The third kappa shape index (κ3) is 8.34. The summed E-state index contributed by atoms with van der Waals surface area (Å²) in [5, 5.41) is 2.56. The summed E-state index contributed by atoms with van der Waals surface area (Å²) in [6.07, 6.45) is 0.134. The number of alkyl halides is 2. The Balaban J connectivity index is 1.61. The zero-order chi connectivity index (χ0) is 21.9. The minimum Gasteiger partial charge on any atom is -0.456 e. The minimum atomic E-state index is -2.89. The number of carbonyl (C=O) groups is 3. The summed E-state index contributed by atoms with van der Waals surface area (Å²) in [6, 6.07) is 11.0. The predicted octanol–water partition coefficient (Wildman–Crippen LogP) is 3.29. The van der Waals surface area contributed by atoms with Gasteiger partial charge in [0.1, 0.15) is 11.6 Å². The molecule has 2 aromatic carbocycles. The van der Waals surface area contributed by atoms with Gasteiger partial charge >= 0.3 is 12.6 Å². The molecule has 0 unspecified atom stereocenters. The topological polar surface area (TPSA) is 81.7 Å². The van der Waals surface area contributed by atoms with Crippen molar-refractivity contribution in [3.63, 3.8) is 0 Å². The maximum atomic E-state index is 12.8. The Hall–Kier alpha value is -3.36. The van der Waals surface area contributed by atoms with Crippen LogP contribution in [-0.4, -0.2) is 37.4 Å². The van der Waals surface area contributed by atoms with Crippen LogP contribution in [0, 0.1) is 5.82 Å². The van der Waals surface area contributed by atoms with Gasteiger partial charge in [0, 0.05) is 18.5 Å². The molecule has 6 nitrogen and oxygen atoms in total. The van der Waals surface area contributed by atoms with Crippen molar-refractivity contribution in [3.05, 3.63) is 65.5 Å². The molecule has 0 aliphatic carbocycles. The summed E-state index contributed by atoms with van der Waals surface area (Å²) < 4.78 is 46.1. The zero-order valence-electron chi connectivity index (χ0n) is 15.9. The zero-order valence-corrected chi connectivity index (χ0v) is 15.9. The molecule has 160 valence electrons. The fraction of sp³-hybridized carbons (Fsp3) is 0.286. The van der Waals surface area contributed by atoms with Gasteiger partial charge in [-0.3, -0.25) is 14.4 Å². The van der Waals surface area contributed by atoms with Gasteiger partial charge in [-0.2, -0.15) is 8.78 Å². The van der Waals surface area contributed by atoms with E-state index < -0.39 is 30.9 Å². The van der Waals surface area contributed by atoms with Crippen LogP contribution in [0.4, 0.5) is 13.2 Å². The van der Waals surface area contributed by atoms with E-state index >= 15 is 0 Å². The first-order valence-electron chi connectivity index (χ1n) is 9.08. The number of ether oxygens (including phenoxy) is 2. The summed E-state index contributed by atoms with van der Waals surface area (Å²) in [4.78, 5) is 35.3. The Labute approximate surface area is 171 Å². The number of halogens is 3. The molecule has 0 spiro atoms. The molecule has 0 saturated carbocycles. The van der Waals surface area contributed by atoms with E-state index in [1.807, 2.05) is 0 Å². The molecular weight excluding hydrogens is 403 g/mol. The van der Waals surface area contributed by atoms with Gasteiger partial charge in [-0.1, -0.05) is 12.1 Å². The molecule has 0 atom stereocenters. The third-order valence-electron chi connectivity index (χ3n) is 3.97. The van der Waals surface area contributed by atoms with Crippen LogP contribution in [0.2, 0.25) is 0 Å². The molecule has 2 rings (SSSR count). The van der Waals surface area contributed by atoms with Gasteiger partial charge in [0.15, 0.2) is 12.4 Å². The molecule has 2 aromatic rings. The number of rotatable bonds is 11. The summed E-state index contributed by atoms with van der Waals surface area (Å²) in [5.41, 5.74) is 1.09. The number of ketones is 1. The van der Waals surface area contributed by atoms with Crippen LogP contribution in [0.15, 0.2) is 48.5 Å². The van der Waals surface area contributed by atoms with Crippen molar-refractivity contribution in [2.24, 2.45) is 0 Å². The standard InChI is InChI=1S/C21H20F3NO5/c22-16-5-3-15(4-6-16)18(26)9-10-20(28)29-13-19(27)25-12-11-14-1-7-17(8-2-14)30-21(23)24/h1-8,21H,9-13H2,(H,25,27). The average molecular weight is 423 g/mol. The second-order valence-corrected chi connectivity index (χ2v) is 6.21. The van der Waals surface area contributed by atoms with E-state index in [2.05, 4.69) is 10.1 Å². The quantitative estimate of drug-likeness (QED) is 0.443. The normalized spacial score (nSPS) is 10.5. The number of hydrogen-bond acceptors (Lipinski definition) is 5. The number of amides is 1. The average Bonchev–Trinajstić information content (AvgIpc) is 2.72. The van der Waals surface area contributed by atoms with Gasteiger partial charge in [-0.25, -0.2) is 4.39 Å². The lowest BCUT2D eigenvalue weighted by molar-refractivity contribution is -0.148. The van der Waals surface area contributed by atoms with E-state index in [0.29, 0.717) is 6.42 Å². The smallest absolute Gasteiger partial charge is 0.387 e. The van der Waals surface area contributed by atoms with Crippen LogP contribution in [0.1, 0.15) is 28.8 Å². The first-order chi connectivity index (χ1) is 14.3. The van der Waals surface area contributed by atoms with Gasteiger partial charge < -0.3 is 14.8 Å². The molecule has 0 aliphatic heterocycles. The summed E-state index contributed by atoms with van der Waals surface area (Å²) >= 11 is 0. The second kappa shape index (κ2) is 11.6. The molecule has 0 aromatic heterocycles. The molecule has 0 fully saturated rings. The van der Waals surface area contributed by atoms with Crippen LogP contribution in [-0.2, 0) is 20.7 Å². The first kappa shape index (κ1) is 22.9. The largest absolute Gasteiger partial charge is 0.456 e. The maximum Gasteiger partial charge on any atom is 0.387 e. The lowest BCUT2D eigenvalue weighted by atomic mass is 10.1. The Kier molecular flexibility index (Phi) is 8.86. The highest BCUT2D eigenvalue weighted by molar-refractivity contribution is 5.97. The molecule has 9 heteroatoms. The van der Waals surface area contributed by atoms with Crippen molar-refractivity contribution in [1.82, 2.24) is 5.32 Å². The van der Waals surface area contributed by atoms with Crippen LogP contribution >= 0.6 is 0 Å². The number of Topliss-reactive ketones (excluding diaryl/α,β-unsaturated/α-hetero) is 1. The molecule has 0 bridgehead atoms. The Morgan fingerprint density at radius 1 is 0.933 bits per heavy atom. The monoisotopic (exact) mass is 423 g/mol. The Morgan fingerprint density at radius 2 is 1.60 bits per heavy atom. The number of benzene rings is 2. The number of esters is 1. The second-order valence-electron chi connectivity index (χ2n) is 6.21. The van der Waals surface area contributed by atoms with Crippen LogP contribution in [0.5, 0.6) is 5.75 Å². The van der Waals surface area contributed by atoms with E-state index in [-0.39, 0.29) is 36.5 Å². The Morgan fingerprint density at radius 3 is 2.23 bits per heavy atom. The van der Waals surface area contributed by atoms with Crippen molar-refractivity contribution in [3.8, 4) is 5.75 Å². The molecule has 1 amide bonds. The predicted molar refractivity (Wildman–Crippen MR) is 101 cm³/mol. The van der Waals surface area contributed by atoms with Crippen LogP contribution in [0.25, 0.3) is 0 Å². The van der Waals surface area contributed by atoms with Crippen LogP contribution < -0.4 is 10.1 Å². The Bertz CT molecular complexity index is 854. The van der Waals surface area contributed by atoms with Crippen molar-refractivity contribution >= 4 is 17.7 Å². The lowest BCUT2D eigenvalue weighted by Crippen LogP contribution is -2.30. The third-order valence-corrected chi connectivity index (χ3v) is 3.97. The van der Waals surface area contributed by atoms with Gasteiger partial charge in [-0.05, 0) is 48.4 Å². The number of nitrogens with one attached hydrogen (secondary N) is 1. The lowest BCUT2D eigenvalue weighted by Gasteiger charge is -2.08. The maximum absolute atomic E-state index is 12.8. The molecule has 0 saturated heterocycles. The molecule has 30 heavy (non-hydrogen) atoms. The van der Waals surface area contributed by atoms with E-state index in [0.717, 1.165) is 17.7 Å². The van der Waals surface area contributed by atoms with Crippen molar-refractivity contribution in [2.75, 3.05) is 13.2 Å². The van der Waals surface area contributed by atoms with E-state index in [1.165, 1.54) is 24.3 Å². The fourth-order valence-corrected chi connectivity index (χ4v) is 2.45. The molecule has 0 heterocycles. The van der Waals surface area contributed by atoms with E-state index in [4.69, 9.17) is 4.74 Å². The molecular formula is C21H20F3NO5. The van der Waals surface area contributed by atoms with E-state index in [1.54, 1.807) is 12.1 Å². The number of carbonyl (C=O) groups excluding carboxylic acids is 3. The van der Waals surface area contributed by atoms with Crippen molar-refractivity contribution in [2.45, 2.75) is 25.9 Å². The van der Waals surface area contributed by atoms with Gasteiger partial charge in [0.05, 0.1) is 6.42 Å². The van der Waals surface area contributed by atoms with Gasteiger partial charge in [-0.15, -0.1) is 0 Å². The summed E-state index contributed by atoms with van der Waals surface area (Å²) in [7, 11) is 0. The molecule has 0 aliphatic rings. The van der Waals surface area contributed by atoms with Crippen molar-refractivity contribution < 1.29 is 37.0 Å². The van der Waals surface area contributed by atoms with Gasteiger partial charge in [0.25, 0.3) is 5.91 Å². The van der Waals surface area contributed by atoms with Crippen LogP contribution in [0.3, 0.4) is 0 Å². The summed E-state index contributed by atoms with van der Waals surface area (Å²) in [5.74, 6) is -1.96. The highest BCUT2D eigenvalue weighted by Crippen LogP contribution is 2.15. The fourth-order valence-electron chi connectivity index (χ4n) is 2.45. The summed E-state index contributed by atoms with van der Waals surface area (Å²) in [6.45, 7) is -3.11. The highest BCUT2D eigenvalue weighted by Gasteiger charge is 2.12.